The fourth-order valence-corrected chi connectivity index (χ4v) is 2.29. The maximum atomic E-state index is 12.7. The van der Waals surface area contributed by atoms with Crippen LogP contribution in [0, 0.1) is 5.41 Å². The van der Waals surface area contributed by atoms with Gasteiger partial charge in [-0.3, -0.25) is 9.59 Å². The van der Waals surface area contributed by atoms with Gasteiger partial charge in [-0.2, -0.15) is 0 Å². The minimum atomic E-state index is -0.722. The van der Waals surface area contributed by atoms with Crippen molar-refractivity contribution in [1.29, 1.82) is 0 Å². The van der Waals surface area contributed by atoms with Crippen molar-refractivity contribution in [3.8, 4) is 0 Å². The van der Waals surface area contributed by atoms with Crippen molar-refractivity contribution in [2.75, 3.05) is 32.8 Å². The van der Waals surface area contributed by atoms with Crippen LogP contribution in [0.4, 0.5) is 0 Å². The molecule has 0 aliphatic carbocycles. The topological polar surface area (TPSA) is 84.7 Å². The van der Waals surface area contributed by atoms with E-state index in [2.05, 4.69) is 5.32 Å². The number of carbonyl (C=O) groups is 2. The van der Waals surface area contributed by atoms with Crippen molar-refractivity contribution >= 4 is 11.8 Å². The van der Waals surface area contributed by atoms with Crippen LogP contribution >= 0.6 is 0 Å². The molecule has 1 aliphatic rings. The molecule has 0 bridgehead atoms. The summed E-state index contributed by atoms with van der Waals surface area (Å²) < 4.78 is 5.32. The monoisotopic (exact) mass is 285 g/mol. The first-order valence-electron chi connectivity index (χ1n) is 7.35. The maximum absolute atomic E-state index is 12.7. The largest absolute Gasteiger partial charge is 0.379 e. The van der Waals surface area contributed by atoms with Crippen LogP contribution < -0.4 is 11.1 Å². The van der Waals surface area contributed by atoms with E-state index in [9.17, 15) is 9.59 Å². The molecule has 0 aromatic heterocycles. The smallest absolute Gasteiger partial charge is 0.239 e. The molecule has 2 amide bonds. The van der Waals surface area contributed by atoms with Crippen LogP contribution in [-0.4, -0.2) is 55.6 Å². The first kappa shape index (κ1) is 16.9. The molecular formula is C14H27N3O3. The van der Waals surface area contributed by atoms with E-state index >= 15 is 0 Å². The summed E-state index contributed by atoms with van der Waals surface area (Å²) in [4.78, 5) is 26.1. The number of hydrogen-bond donors (Lipinski definition) is 2. The Balaban J connectivity index is 2.69. The third kappa shape index (κ3) is 3.93. The van der Waals surface area contributed by atoms with Crippen molar-refractivity contribution in [3.05, 3.63) is 0 Å². The molecule has 0 spiro atoms. The van der Waals surface area contributed by atoms with Crippen molar-refractivity contribution < 1.29 is 14.3 Å². The van der Waals surface area contributed by atoms with Gasteiger partial charge in [0.25, 0.3) is 0 Å². The molecule has 1 heterocycles. The zero-order valence-corrected chi connectivity index (χ0v) is 12.8. The number of nitrogens with one attached hydrogen (secondary N) is 1. The molecule has 1 rings (SSSR count). The Hall–Kier alpha value is -1.14. The van der Waals surface area contributed by atoms with Crippen LogP contribution in [0.15, 0.2) is 0 Å². The molecular weight excluding hydrogens is 258 g/mol. The Morgan fingerprint density at radius 3 is 2.60 bits per heavy atom. The summed E-state index contributed by atoms with van der Waals surface area (Å²) in [7, 11) is 0. The zero-order chi connectivity index (χ0) is 15.2. The maximum Gasteiger partial charge on any atom is 0.239 e. The normalized spacial score (nSPS) is 25.5. The van der Waals surface area contributed by atoms with E-state index in [1.807, 2.05) is 20.8 Å². The first-order chi connectivity index (χ1) is 9.45. The fraction of sp³-hybridized carbons (Fsp3) is 0.857. The van der Waals surface area contributed by atoms with Gasteiger partial charge in [0.05, 0.1) is 25.2 Å². The van der Waals surface area contributed by atoms with Crippen LogP contribution in [-0.2, 0) is 14.3 Å². The molecule has 0 saturated carbocycles. The van der Waals surface area contributed by atoms with Gasteiger partial charge in [-0.15, -0.1) is 0 Å². The van der Waals surface area contributed by atoms with E-state index in [-0.39, 0.29) is 24.4 Å². The highest BCUT2D eigenvalue weighted by Crippen LogP contribution is 2.29. The predicted octanol–water partition coefficient (Wildman–Crippen LogP) is 0.115. The quantitative estimate of drug-likeness (QED) is 0.695. The van der Waals surface area contributed by atoms with Gasteiger partial charge >= 0.3 is 0 Å². The average Bonchev–Trinajstić information content (AvgIpc) is 2.76. The molecule has 6 heteroatoms. The summed E-state index contributed by atoms with van der Waals surface area (Å²) in [5.74, 6) is -0.208. The van der Waals surface area contributed by atoms with E-state index in [0.717, 1.165) is 12.8 Å². The summed E-state index contributed by atoms with van der Waals surface area (Å²) in [6.45, 7) is 7.79. The van der Waals surface area contributed by atoms with Gasteiger partial charge in [0.2, 0.25) is 11.8 Å². The number of ether oxygens (including phenoxy) is 1. The van der Waals surface area contributed by atoms with Crippen molar-refractivity contribution in [2.24, 2.45) is 11.1 Å². The van der Waals surface area contributed by atoms with E-state index < -0.39 is 5.41 Å². The van der Waals surface area contributed by atoms with Gasteiger partial charge in [0, 0.05) is 19.1 Å². The zero-order valence-electron chi connectivity index (χ0n) is 12.8. The van der Waals surface area contributed by atoms with E-state index in [0.29, 0.717) is 26.3 Å². The summed E-state index contributed by atoms with van der Waals surface area (Å²) in [5, 5.41) is 2.80. The molecule has 116 valence electrons. The first-order valence-corrected chi connectivity index (χ1v) is 7.35. The minimum absolute atomic E-state index is 0.0870. The van der Waals surface area contributed by atoms with Crippen molar-refractivity contribution in [1.82, 2.24) is 10.2 Å². The number of hydrogen-bond acceptors (Lipinski definition) is 4. The van der Waals surface area contributed by atoms with Crippen LogP contribution in [0.2, 0.25) is 0 Å². The second kappa shape index (κ2) is 7.59. The van der Waals surface area contributed by atoms with Crippen molar-refractivity contribution in [3.63, 3.8) is 0 Å². The minimum Gasteiger partial charge on any atom is -0.379 e. The number of rotatable bonds is 7. The van der Waals surface area contributed by atoms with E-state index in [1.165, 1.54) is 0 Å². The van der Waals surface area contributed by atoms with Crippen LogP contribution in [0.1, 0.15) is 33.6 Å². The summed E-state index contributed by atoms with van der Waals surface area (Å²) in [5.41, 5.74) is 5.26. The molecule has 20 heavy (non-hydrogen) atoms. The Bertz CT molecular complexity index is 349. The third-order valence-electron chi connectivity index (χ3n) is 3.69. The lowest BCUT2D eigenvalue weighted by molar-refractivity contribution is -0.144. The molecule has 2 unspecified atom stereocenters. The number of nitrogens with zero attached hydrogens (tertiary/aromatic N) is 1. The highest BCUT2D eigenvalue weighted by atomic mass is 16.5. The van der Waals surface area contributed by atoms with Gasteiger partial charge in [-0.05, 0) is 19.8 Å². The highest BCUT2D eigenvalue weighted by molar-refractivity contribution is 5.88. The number of carbonyl (C=O) groups excluding carboxylic acids is 2. The molecule has 1 aliphatic heterocycles. The molecule has 2 atom stereocenters. The Kier molecular flexibility index (Phi) is 6.42. The lowest BCUT2D eigenvalue weighted by atomic mass is 9.84. The Morgan fingerprint density at radius 2 is 2.10 bits per heavy atom. The van der Waals surface area contributed by atoms with Crippen molar-refractivity contribution in [2.45, 2.75) is 39.7 Å². The SMILES string of the molecule is CCCNC(=O)CN(CCC)C(=O)C1(C)COCC1N. The lowest BCUT2D eigenvalue weighted by Gasteiger charge is -2.32. The fourth-order valence-electron chi connectivity index (χ4n) is 2.29. The Morgan fingerprint density at radius 1 is 1.40 bits per heavy atom. The Labute approximate surface area is 121 Å². The molecule has 0 radical (unpaired) electrons. The standard InChI is InChI=1S/C14H27N3O3/c1-4-6-16-12(18)8-17(7-5-2)13(19)14(3)10-20-9-11(14)15/h11H,4-10,15H2,1-3H3,(H,16,18). The second-order valence-electron chi connectivity index (χ2n) is 5.62. The third-order valence-corrected chi connectivity index (χ3v) is 3.69. The van der Waals surface area contributed by atoms with E-state index in [1.54, 1.807) is 4.90 Å². The number of nitrogens with two attached hydrogens (primary N) is 1. The highest BCUT2D eigenvalue weighted by Gasteiger charge is 2.46. The molecule has 0 aromatic carbocycles. The molecule has 3 N–H and O–H groups in total. The summed E-state index contributed by atoms with van der Waals surface area (Å²) in [6, 6.07) is -0.312. The summed E-state index contributed by atoms with van der Waals surface area (Å²) >= 11 is 0. The van der Waals surface area contributed by atoms with Crippen LogP contribution in [0.5, 0.6) is 0 Å². The van der Waals surface area contributed by atoms with Gasteiger partial charge in [-0.1, -0.05) is 13.8 Å². The lowest BCUT2D eigenvalue weighted by Crippen LogP contribution is -2.53. The van der Waals surface area contributed by atoms with Gasteiger partial charge < -0.3 is 20.7 Å². The van der Waals surface area contributed by atoms with Gasteiger partial charge in [0.1, 0.15) is 0 Å². The molecule has 1 fully saturated rings. The summed E-state index contributed by atoms with van der Waals surface area (Å²) in [6.07, 6.45) is 1.68. The second-order valence-corrected chi connectivity index (χ2v) is 5.62. The van der Waals surface area contributed by atoms with Gasteiger partial charge in [0.15, 0.2) is 0 Å². The average molecular weight is 285 g/mol. The van der Waals surface area contributed by atoms with Gasteiger partial charge in [-0.25, -0.2) is 0 Å². The molecule has 6 nitrogen and oxygen atoms in total. The number of amides is 2. The molecule has 1 saturated heterocycles. The predicted molar refractivity (Wildman–Crippen MR) is 77.1 cm³/mol. The molecule has 0 aromatic rings. The van der Waals surface area contributed by atoms with Crippen LogP contribution in [0.25, 0.3) is 0 Å². The van der Waals surface area contributed by atoms with E-state index in [4.69, 9.17) is 10.5 Å². The van der Waals surface area contributed by atoms with Crippen LogP contribution in [0.3, 0.4) is 0 Å².